The molecule has 1 aliphatic heterocycles. The fraction of sp³-hybridized carbons (Fsp3) is 0.500. The second kappa shape index (κ2) is 6.33. The first-order valence-corrected chi connectivity index (χ1v) is 7.45. The molecule has 2 amide bonds. The summed E-state index contributed by atoms with van der Waals surface area (Å²) in [4.78, 5) is 24.5. The van der Waals surface area contributed by atoms with Crippen molar-refractivity contribution in [3.8, 4) is 0 Å². The topological polar surface area (TPSA) is 69.6 Å². The summed E-state index contributed by atoms with van der Waals surface area (Å²) in [7, 11) is 0. The van der Waals surface area contributed by atoms with Crippen molar-refractivity contribution >= 4 is 12.0 Å². The third-order valence-corrected chi connectivity index (χ3v) is 4.08. The van der Waals surface area contributed by atoms with Crippen LogP contribution in [-0.2, 0) is 4.79 Å². The highest BCUT2D eigenvalue weighted by molar-refractivity contribution is 5.79. The summed E-state index contributed by atoms with van der Waals surface area (Å²) in [5.74, 6) is -4.89. The van der Waals surface area contributed by atoms with E-state index < -0.39 is 47.0 Å². The minimum absolute atomic E-state index is 0.0362. The summed E-state index contributed by atoms with van der Waals surface area (Å²) in [6, 6.07) is 0.305. The Labute approximate surface area is 137 Å². The molecule has 0 aromatic heterocycles. The van der Waals surface area contributed by atoms with Crippen LogP contribution in [0.1, 0.15) is 38.7 Å². The molecule has 24 heavy (non-hydrogen) atoms. The van der Waals surface area contributed by atoms with Crippen LogP contribution in [0.25, 0.3) is 0 Å². The summed E-state index contributed by atoms with van der Waals surface area (Å²) in [5.41, 5.74) is -1.03. The first kappa shape index (κ1) is 18.1. The van der Waals surface area contributed by atoms with Gasteiger partial charge in [-0.15, -0.1) is 0 Å². The molecule has 1 aromatic rings. The highest BCUT2D eigenvalue weighted by Gasteiger charge is 2.42. The molecule has 0 radical (unpaired) electrons. The van der Waals surface area contributed by atoms with Gasteiger partial charge in [0.25, 0.3) is 0 Å². The van der Waals surface area contributed by atoms with E-state index in [1.165, 1.54) is 0 Å². The van der Waals surface area contributed by atoms with Crippen molar-refractivity contribution in [3.63, 3.8) is 0 Å². The Morgan fingerprint density at radius 2 is 1.79 bits per heavy atom. The smallest absolute Gasteiger partial charge is 0.408 e. The van der Waals surface area contributed by atoms with Crippen molar-refractivity contribution < 1.29 is 27.9 Å². The van der Waals surface area contributed by atoms with Gasteiger partial charge < -0.3 is 10.4 Å². The Kier molecular flexibility index (Phi) is 4.77. The van der Waals surface area contributed by atoms with Crippen LogP contribution in [0.3, 0.4) is 0 Å². The maximum absolute atomic E-state index is 14.2. The Bertz CT molecular complexity index is 673. The largest absolute Gasteiger partial charge is 0.465 e. The molecule has 2 N–H and O–H groups in total. The fourth-order valence-electron chi connectivity index (χ4n) is 3.11. The van der Waals surface area contributed by atoms with Crippen LogP contribution >= 0.6 is 0 Å². The summed E-state index contributed by atoms with van der Waals surface area (Å²) in [6.45, 7) is 4.95. The van der Waals surface area contributed by atoms with E-state index in [9.17, 15) is 27.9 Å². The maximum Gasteiger partial charge on any atom is 0.408 e. The highest BCUT2D eigenvalue weighted by Crippen LogP contribution is 2.35. The van der Waals surface area contributed by atoms with Crippen molar-refractivity contribution in [2.75, 3.05) is 6.54 Å². The van der Waals surface area contributed by atoms with E-state index in [1.807, 2.05) is 0 Å². The van der Waals surface area contributed by atoms with Crippen LogP contribution in [0, 0.1) is 17.5 Å². The number of piperidine rings is 1. The van der Waals surface area contributed by atoms with Crippen LogP contribution in [0.5, 0.6) is 0 Å². The third-order valence-electron chi connectivity index (χ3n) is 4.08. The average molecular weight is 344 g/mol. The molecule has 0 spiro atoms. The molecule has 1 heterocycles. The van der Waals surface area contributed by atoms with Crippen LogP contribution < -0.4 is 5.32 Å². The second-order valence-corrected chi connectivity index (χ2v) is 6.79. The lowest BCUT2D eigenvalue weighted by molar-refractivity contribution is -0.124. The minimum Gasteiger partial charge on any atom is -0.465 e. The van der Waals surface area contributed by atoms with Gasteiger partial charge in [0.1, 0.15) is 5.82 Å². The van der Waals surface area contributed by atoms with E-state index in [1.54, 1.807) is 20.8 Å². The Morgan fingerprint density at radius 3 is 2.33 bits per heavy atom. The van der Waals surface area contributed by atoms with E-state index in [2.05, 4.69) is 5.32 Å². The van der Waals surface area contributed by atoms with Crippen molar-refractivity contribution in [2.24, 2.45) is 0 Å². The Hall–Kier alpha value is -2.25. The quantitative estimate of drug-likeness (QED) is 0.811. The summed E-state index contributed by atoms with van der Waals surface area (Å²) in [5, 5.41) is 12.1. The van der Waals surface area contributed by atoms with E-state index in [0.717, 1.165) is 4.90 Å². The van der Waals surface area contributed by atoms with E-state index in [-0.39, 0.29) is 18.5 Å². The minimum atomic E-state index is -1.33. The first-order valence-electron chi connectivity index (χ1n) is 7.45. The zero-order valence-electron chi connectivity index (χ0n) is 13.6. The van der Waals surface area contributed by atoms with Gasteiger partial charge in [-0.05, 0) is 32.4 Å². The van der Waals surface area contributed by atoms with Gasteiger partial charge in [0.15, 0.2) is 11.6 Å². The Morgan fingerprint density at radius 1 is 1.21 bits per heavy atom. The fourth-order valence-corrected chi connectivity index (χ4v) is 3.11. The SMILES string of the molecule is CC(C)(C)N(C(=O)O)[C@H]1CNC(=O)C[C@@H]1c1cc(F)c(F)cc1F. The molecular formula is C16H19F3N2O3. The molecule has 1 saturated heterocycles. The lowest BCUT2D eigenvalue weighted by Gasteiger charge is -2.45. The molecule has 1 fully saturated rings. The number of halogens is 3. The van der Waals surface area contributed by atoms with Gasteiger partial charge in [-0.1, -0.05) is 0 Å². The molecule has 2 atom stereocenters. The van der Waals surface area contributed by atoms with Crippen molar-refractivity contribution in [2.45, 2.75) is 44.7 Å². The number of hydrogen-bond donors (Lipinski definition) is 2. The number of carbonyl (C=O) groups is 2. The molecule has 0 saturated carbocycles. The number of hydrogen-bond acceptors (Lipinski definition) is 2. The van der Waals surface area contributed by atoms with Crippen LogP contribution in [-0.4, -0.2) is 40.1 Å². The lowest BCUT2D eigenvalue weighted by atomic mass is 9.82. The van der Waals surface area contributed by atoms with Gasteiger partial charge in [-0.25, -0.2) is 18.0 Å². The molecule has 2 rings (SSSR count). The molecule has 8 heteroatoms. The first-order chi connectivity index (χ1) is 11.0. The van der Waals surface area contributed by atoms with E-state index in [0.29, 0.717) is 12.1 Å². The number of amides is 2. The van der Waals surface area contributed by atoms with Crippen LogP contribution in [0.15, 0.2) is 12.1 Å². The second-order valence-electron chi connectivity index (χ2n) is 6.79. The predicted octanol–water partition coefficient (Wildman–Crippen LogP) is 2.85. The lowest BCUT2D eigenvalue weighted by Crippen LogP contribution is -2.59. The number of nitrogens with zero attached hydrogens (tertiary/aromatic N) is 1. The zero-order valence-corrected chi connectivity index (χ0v) is 13.6. The Balaban J connectivity index is 2.52. The van der Waals surface area contributed by atoms with Gasteiger partial charge in [0.2, 0.25) is 5.91 Å². The molecule has 5 nitrogen and oxygen atoms in total. The molecule has 0 bridgehead atoms. The number of carboxylic acid groups (broad SMARTS) is 1. The number of nitrogens with one attached hydrogen (secondary N) is 1. The molecule has 1 aliphatic rings. The molecule has 1 aromatic carbocycles. The van der Waals surface area contributed by atoms with Gasteiger partial charge in [0, 0.05) is 30.5 Å². The number of carbonyl (C=O) groups excluding carboxylic acids is 1. The highest BCUT2D eigenvalue weighted by atomic mass is 19.2. The standard InChI is InChI=1S/C16H19F3N2O3/c1-16(2,3)21(15(23)24)13-7-20-14(22)5-9(13)8-4-11(18)12(19)6-10(8)17/h4,6,9,13H,5,7H2,1-3H3,(H,20,22)(H,23,24)/t9-,13+/m1/s1. The zero-order chi connectivity index (χ0) is 18.2. The van der Waals surface area contributed by atoms with Gasteiger partial charge >= 0.3 is 6.09 Å². The van der Waals surface area contributed by atoms with Crippen molar-refractivity contribution in [3.05, 3.63) is 35.1 Å². The van der Waals surface area contributed by atoms with Gasteiger partial charge in [0.05, 0.1) is 6.04 Å². The van der Waals surface area contributed by atoms with Crippen LogP contribution in [0.2, 0.25) is 0 Å². The van der Waals surface area contributed by atoms with E-state index >= 15 is 0 Å². The number of rotatable bonds is 2. The maximum atomic E-state index is 14.2. The van der Waals surface area contributed by atoms with Gasteiger partial charge in [-0.2, -0.15) is 0 Å². The van der Waals surface area contributed by atoms with Crippen LogP contribution in [0.4, 0.5) is 18.0 Å². The average Bonchev–Trinajstić information content (AvgIpc) is 2.43. The monoisotopic (exact) mass is 344 g/mol. The molecule has 132 valence electrons. The molecule has 0 aliphatic carbocycles. The third kappa shape index (κ3) is 3.47. The summed E-state index contributed by atoms with van der Waals surface area (Å²) < 4.78 is 40.9. The summed E-state index contributed by atoms with van der Waals surface area (Å²) >= 11 is 0. The normalized spacial score (nSPS) is 21.3. The van der Waals surface area contributed by atoms with Crippen molar-refractivity contribution in [1.29, 1.82) is 0 Å². The molecule has 0 unspecified atom stereocenters. The van der Waals surface area contributed by atoms with E-state index in [4.69, 9.17) is 0 Å². The van der Waals surface area contributed by atoms with Crippen molar-refractivity contribution in [1.82, 2.24) is 10.2 Å². The van der Waals surface area contributed by atoms with Gasteiger partial charge in [-0.3, -0.25) is 9.69 Å². The number of benzene rings is 1. The summed E-state index contributed by atoms with van der Waals surface area (Å²) in [6.07, 6.45) is -1.45. The predicted molar refractivity (Wildman–Crippen MR) is 80.1 cm³/mol. The molecular weight excluding hydrogens is 325 g/mol.